The summed E-state index contributed by atoms with van der Waals surface area (Å²) in [5.41, 5.74) is 6.03. The van der Waals surface area contributed by atoms with Crippen LogP contribution in [0.1, 0.15) is 37.6 Å². The van der Waals surface area contributed by atoms with Crippen LogP contribution < -0.4 is 5.32 Å². The van der Waals surface area contributed by atoms with Gasteiger partial charge >= 0.3 is 0 Å². The van der Waals surface area contributed by atoms with E-state index in [9.17, 15) is 0 Å². The molecule has 0 amide bonds. The lowest BCUT2D eigenvalue weighted by Crippen LogP contribution is -2.17. The highest BCUT2D eigenvalue weighted by Crippen LogP contribution is 2.22. The summed E-state index contributed by atoms with van der Waals surface area (Å²) in [5.74, 6) is 0. The van der Waals surface area contributed by atoms with Gasteiger partial charge in [0.2, 0.25) is 0 Å². The third-order valence-electron chi connectivity index (χ3n) is 3.19. The summed E-state index contributed by atoms with van der Waals surface area (Å²) in [7, 11) is 0. The van der Waals surface area contributed by atoms with Crippen molar-refractivity contribution in [3.63, 3.8) is 0 Å². The lowest BCUT2D eigenvalue weighted by molar-refractivity contribution is 0.589. The first-order valence-electron chi connectivity index (χ1n) is 6.73. The second-order valence-corrected chi connectivity index (χ2v) is 6.57. The van der Waals surface area contributed by atoms with E-state index in [1.165, 1.54) is 16.8 Å². The van der Waals surface area contributed by atoms with E-state index in [2.05, 4.69) is 60.7 Å². The van der Waals surface area contributed by atoms with Gasteiger partial charge in [0.25, 0.3) is 0 Å². The molecule has 0 unspecified atom stereocenters. The highest BCUT2D eigenvalue weighted by Gasteiger charge is 2.12. The number of thiazole rings is 1. The molecule has 0 saturated carbocycles. The smallest absolute Gasteiger partial charge is 0.0794 e. The Morgan fingerprint density at radius 1 is 1.16 bits per heavy atom. The normalized spacial score (nSPS) is 11.7. The number of rotatable bonds is 5. The highest BCUT2D eigenvalue weighted by atomic mass is 32.1. The molecule has 0 saturated heterocycles. The van der Waals surface area contributed by atoms with Gasteiger partial charge in [0.15, 0.2) is 0 Å². The molecule has 0 aliphatic heterocycles. The van der Waals surface area contributed by atoms with Gasteiger partial charge in [-0.3, -0.25) is 0 Å². The Hall–Kier alpha value is -1.19. The van der Waals surface area contributed by atoms with Crippen molar-refractivity contribution in [1.29, 1.82) is 0 Å². The minimum absolute atomic E-state index is 0.233. The molecule has 1 aromatic carbocycles. The fourth-order valence-electron chi connectivity index (χ4n) is 1.93. The summed E-state index contributed by atoms with van der Waals surface area (Å²) < 4.78 is 0. The largest absolute Gasteiger partial charge is 0.312 e. The summed E-state index contributed by atoms with van der Waals surface area (Å²) >= 11 is 1.66. The molecule has 1 heterocycles. The molecule has 0 aliphatic carbocycles. The van der Waals surface area contributed by atoms with Gasteiger partial charge in [-0.1, -0.05) is 45.0 Å². The van der Waals surface area contributed by atoms with E-state index in [4.69, 9.17) is 0 Å². The standard InChI is InChI=1S/C16H22N2S/c1-16(2,3)14-6-4-13(5-7-14)10-17-9-8-15-11-19-12-18-15/h4-7,11-12,17H,8-10H2,1-3H3. The van der Waals surface area contributed by atoms with Crippen molar-refractivity contribution in [3.05, 3.63) is 52.0 Å². The van der Waals surface area contributed by atoms with Crippen molar-refractivity contribution in [2.75, 3.05) is 6.54 Å². The van der Waals surface area contributed by atoms with Crippen molar-refractivity contribution in [1.82, 2.24) is 10.3 Å². The van der Waals surface area contributed by atoms with E-state index in [0.29, 0.717) is 0 Å². The molecule has 1 aromatic heterocycles. The Bertz CT molecular complexity index is 480. The van der Waals surface area contributed by atoms with Gasteiger partial charge in [-0.05, 0) is 16.5 Å². The second-order valence-electron chi connectivity index (χ2n) is 5.85. The maximum absolute atomic E-state index is 4.28. The van der Waals surface area contributed by atoms with Gasteiger partial charge in [0.1, 0.15) is 0 Å². The van der Waals surface area contributed by atoms with Crippen LogP contribution in [-0.2, 0) is 18.4 Å². The number of benzene rings is 1. The van der Waals surface area contributed by atoms with Crippen molar-refractivity contribution in [2.45, 2.75) is 39.2 Å². The molecule has 19 heavy (non-hydrogen) atoms. The third-order valence-corrected chi connectivity index (χ3v) is 3.83. The van der Waals surface area contributed by atoms with Gasteiger partial charge < -0.3 is 5.32 Å². The zero-order chi connectivity index (χ0) is 13.7. The Morgan fingerprint density at radius 2 is 1.89 bits per heavy atom. The summed E-state index contributed by atoms with van der Waals surface area (Å²) in [6.45, 7) is 8.63. The first-order valence-corrected chi connectivity index (χ1v) is 7.67. The lowest BCUT2D eigenvalue weighted by atomic mass is 9.87. The van der Waals surface area contributed by atoms with Crippen LogP contribution in [0.2, 0.25) is 0 Å². The topological polar surface area (TPSA) is 24.9 Å². The van der Waals surface area contributed by atoms with Gasteiger partial charge in [0, 0.05) is 24.9 Å². The van der Waals surface area contributed by atoms with Crippen LogP contribution in [0.4, 0.5) is 0 Å². The van der Waals surface area contributed by atoms with Crippen LogP contribution in [-0.4, -0.2) is 11.5 Å². The quantitative estimate of drug-likeness (QED) is 0.839. The van der Waals surface area contributed by atoms with E-state index in [0.717, 1.165) is 19.5 Å². The lowest BCUT2D eigenvalue weighted by Gasteiger charge is -2.19. The number of nitrogens with zero attached hydrogens (tertiary/aromatic N) is 1. The van der Waals surface area contributed by atoms with Crippen LogP contribution in [0.25, 0.3) is 0 Å². The molecular weight excluding hydrogens is 252 g/mol. The van der Waals surface area contributed by atoms with E-state index < -0.39 is 0 Å². The predicted octanol–water partition coefficient (Wildman–Crippen LogP) is 3.77. The third kappa shape index (κ3) is 4.44. The molecule has 0 atom stereocenters. The molecule has 0 aliphatic rings. The van der Waals surface area contributed by atoms with Crippen molar-refractivity contribution >= 4 is 11.3 Å². The Morgan fingerprint density at radius 3 is 2.47 bits per heavy atom. The van der Waals surface area contributed by atoms with Crippen LogP contribution in [0.3, 0.4) is 0 Å². The fourth-order valence-corrected chi connectivity index (χ4v) is 2.53. The molecule has 2 aromatic rings. The van der Waals surface area contributed by atoms with E-state index in [1.54, 1.807) is 11.3 Å². The predicted molar refractivity (Wildman–Crippen MR) is 82.7 cm³/mol. The molecule has 3 heteroatoms. The second kappa shape index (κ2) is 6.31. The summed E-state index contributed by atoms with van der Waals surface area (Å²) in [6, 6.07) is 8.90. The average molecular weight is 274 g/mol. The first kappa shape index (κ1) is 14.2. The first-order chi connectivity index (χ1) is 9.05. The molecule has 0 fully saturated rings. The number of hydrogen-bond acceptors (Lipinski definition) is 3. The maximum atomic E-state index is 4.28. The SMILES string of the molecule is CC(C)(C)c1ccc(CNCCc2cscn2)cc1. The minimum Gasteiger partial charge on any atom is -0.312 e. The molecular formula is C16H22N2S. The number of aromatic nitrogens is 1. The zero-order valence-corrected chi connectivity index (χ0v) is 12.8. The van der Waals surface area contributed by atoms with Gasteiger partial charge in [-0.15, -0.1) is 11.3 Å². The number of hydrogen-bond donors (Lipinski definition) is 1. The molecule has 2 nitrogen and oxygen atoms in total. The maximum Gasteiger partial charge on any atom is 0.0794 e. The van der Waals surface area contributed by atoms with Crippen LogP contribution in [0.15, 0.2) is 35.2 Å². The van der Waals surface area contributed by atoms with Gasteiger partial charge in [-0.25, -0.2) is 4.98 Å². The molecule has 0 radical (unpaired) electrons. The van der Waals surface area contributed by atoms with Gasteiger partial charge in [0.05, 0.1) is 11.2 Å². The zero-order valence-electron chi connectivity index (χ0n) is 11.9. The monoisotopic (exact) mass is 274 g/mol. The molecule has 102 valence electrons. The summed E-state index contributed by atoms with van der Waals surface area (Å²) in [6.07, 6.45) is 1.00. The van der Waals surface area contributed by atoms with Crippen LogP contribution in [0.5, 0.6) is 0 Å². The highest BCUT2D eigenvalue weighted by molar-refractivity contribution is 7.07. The van der Waals surface area contributed by atoms with E-state index in [1.807, 2.05) is 5.51 Å². The molecule has 0 bridgehead atoms. The molecule has 1 N–H and O–H groups in total. The number of nitrogens with one attached hydrogen (secondary N) is 1. The molecule has 2 rings (SSSR count). The summed E-state index contributed by atoms with van der Waals surface area (Å²) in [4.78, 5) is 4.28. The van der Waals surface area contributed by atoms with Gasteiger partial charge in [-0.2, -0.15) is 0 Å². The van der Waals surface area contributed by atoms with Crippen LogP contribution in [0, 0.1) is 0 Å². The Labute approximate surface area is 119 Å². The summed E-state index contributed by atoms with van der Waals surface area (Å²) in [5, 5.41) is 5.57. The van der Waals surface area contributed by atoms with Crippen molar-refractivity contribution < 1.29 is 0 Å². The Kier molecular flexibility index (Phi) is 4.72. The Balaban J connectivity index is 1.77. The van der Waals surface area contributed by atoms with Crippen molar-refractivity contribution in [2.24, 2.45) is 0 Å². The van der Waals surface area contributed by atoms with Crippen LogP contribution >= 0.6 is 11.3 Å². The molecule has 0 spiro atoms. The van der Waals surface area contributed by atoms with E-state index >= 15 is 0 Å². The minimum atomic E-state index is 0.233. The average Bonchev–Trinajstić information content (AvgIpc) is 2.87. The van der Waals surface area contributed by atoms with Crippen molar-refractivity contribution in [3.8, 4) is 0 Å². The fraction of sp³-hybridized carbons (Fsp3) is 0.438. The van der Waals surface area contributed by atoms with E-state index in [-0.39, 0.29) is 5.41 Å².